The third kappa shape index (κ3) is 5.30. The Bertz CT molecular complexity index is 854. The number of nitrogens with zero attached hydrogens (tertiary/aromatic N) is 4. The van der Waals surface area contributed by atoms with E-state index in [0.717, 1.165) is 68.2 Å². The molecule has 4 rings (SSSR count). The zero-order chi connectivity index (χ0) is 20.8. The molecule has 1 aromatic carbocycles. The van der Waals surface area contributed by atoms with Crippen molar-refractivity contribution in [1.29, 1.82) is 0 Å². The maximum absolute atomic E-state index is 12.5. The number of nitrogens with two attached hydrogens (primary N) is 1. The minimum atomic E-state index is 0.146. The highest BCUT2D eigenvalue weighted by Crippen LogP contribution is 2.25. The van der Waals surface area contributed by atoms with Crippen LogP contribution in [0.5, 0.6) is 0 Å². The molecule has 2 aromatic rings. The quantitative estimate of drug-likeness (QED) is 0.566. The fourth-order valence-electron chi connectivity index (χ4n) is 4.13. The van der Waals surface area contributed by atoms with Gasteiger partial charge in [-0.2, -0.15) is 0 Å². The summed E-state index contributed by atoms with van der Waals surface area (Å²) in [5.41, 5.74) is 8.14. The number of amides is 1. The molecule has 0 unspecified atom stereocenters. The lowest BCUT2D eigenvalue weighted by atomic mass is 9.88. The molecule has 0 bridgehead atoms. The molecule has 2 fully saturated rings. The number of anilines is 2. The van der Waals surface area contributed by atoms with Crippen LogP contribution in [0.2, 0.25) is 0 Å². The van der Waals surface area contributed by atoms with Crippen LogP contribution in [0.15, 0.2) is 40.8 Å². The highest BCUT2D eigenvalue weighted by Gasteiger charge is 2.21. The van der Waals surface area contributed by atoms with Crippen molar-refractivity contribution in [2.24, 2.45) is 16.6 Å². The molecule has 2 aliphatic rings. The van der Waals surface area contributed by atoms with Crippen LogP contribution in [-0.2, 0) is 11.3 Å². The van der Waals surface area contributed by atoms with Crippen LogP contribution >= 0.6 is 11.3 Å². The normalized spacial score (nSPS) is 18.5. The summed E-state index contributed by atoms with van der Waals surface area (Å²) >= 11 is 1.67. The smallest absolute Gasteiger partial charge is 0.227 e. The number of nitrogens with one attached hydrogen (secondary N) is 1. The third-order valence-corrected chi connectivity index (χ3v) is 6.72. The fraction of sp³-hybridized carbons (Fsp3) is 0.500. The van der Waals surface area contributed by atoms with E-state index in [0.29, 0.717) is 12.5 Å². The minimum absolute atomic E-state index is 0.146. The van der Waals surface area contributed by atoms with Gasteiger partial charge in [0.25, 0.3) is 0 Å². The maximum Gasteiger partial charge on any atom is 0.227 e. The fourth-order valence-corrected chi connectivity index (χ4v) is 4.82. The van der Waals surface area contributed by atoms with E-state index in [1.165, 1.54) is 6.42 Å². The molecule has 7 nitrogen and oxygen atoms in total. The number of guanidine groups is 1. The first-order valence-electron chi connectivity index (χ1n) is 10.8. The van der Waals surface area contributed by atoms with Gasteiger partial charge in [0, 0.05) is 49.4 Å². The molecule has 0 atom stereocenters. The van der Waals surface area contributed by atoms with Crippen LogP contribution in [0.25, 0.3) is 0 Å². The predicted molar refractivity (Wildman–Crippen MR) is 123 cm³/mol. The highest BCUT2D eigenvalue weighted by molar-refractivity contribution is 7.13. The molecule has 1 saturated carbocycles. The van der Waals surface area contributed by atoms with Gasteiger partial charge in [-0.1, -0.05) is 31.4 Å². The van der Waals surface area contributed by atoms with Crippen LogP contribution < -0.4 is 16.0 Å². The zero-order valence-corrected chi connectivity index (χ0v) is 18.1. The van der Waals surface area contributed by atoms with E-state index in [1.54, 1.807) is 11.3 Å². The average Bonchev–Trinajstić information content (AvgIpc) is 3.33. The third-order valence-electron chi connectivity index (χ3n) is 5.89. The summed E-state index contributed by atoms with van der Waals surface area (Å²) in [5.74, 6) is 0.873. The molecular formula is C22H30N6OS. The Morgan fingerprint density at radius 1 is 1.20 bits per heavy atom. The number of hydrogen-bond donors (Lipinski definition) is 2. The lowest BCUT2D eigenvalue weighted by Gasteiger charge is -2.35. The predicted octanol–water partition coefficient (Wildman–Crippen LogP) is 3.30. The topological polar surface area (TPSA) is 86.8 Å². The van der Waals surface area contributed by atoms with Gasteiger partial charge in [-0.25, -0.2) is 9.98 Å². The molecular weight excluding hydrogens is 396 g/mol. The summed E-state index contributed by atoms with van der Waals surface area (Å²) in [6.07, 6.45) is 7.41. The minimum Gasteiger partial charge on any atom is -0.370 e. The SMILES string of the molecule is NC(=NCc1cccc(NC(=O)C2CCCCC2)c1)N1CCN(c2nccs2)CC1. The van der Waals surface area contributed by atoms with Gasteiger partial charge in [-0.05, 0) is 30.5 Å². The van der Waals surface area contributed by atoms with E-state index in [-0.39, 0.29) is 11.8 Å². The summed E-state index contributed by atoms with van der Waals surface area (Å²) in [4.78, 5) is 25.9. The van der Waals surface area contributed by atoms with Crippen LogP contribution in [-0.4, -0.2) is 47.9 Å². The number of aromatic nitrogens is 1. The molecule has 160 valence electrons. The van der Waals surface area contributed by atoms with Gasteiger partial charge in [-0.15, -0.1) is 11.3 Å². The molecule has 1 aliphatic heterocycles. The van der Waals surface area contributed by atoms with Gasteiger partial charge in [0.05, 0.1) is 6.54 Å². The van der Waals surface area contributed by atoms with Gasteiger partial charge in [0.2, 0.25) is 5.91 Å². The lowest BCUT2D eigenvalue weighted by molar-refractivity contribution is -0.120. The highest BCUT2D eigenvalue weighted by atomic mass is 32.1. The second-order valence-corrected chi connectivity index (χ2v) is 8.86. The van der Waals surface area contributed by atoms with Crippen LogP contribution in [0.3, 0.4) is 0 Å². The van der Waals surface area contributed by atoms with Crippen molar-refractivity contribution < 1.29 is 4.79 Å². The standard InChI is InChI=1S/C22H30N6OS/c23-21(27-10-12-28(13-11-27)22-24-9-14-30-22)25-16-17-5-4-8-19(15-17)26-20(29)18-6-2-1-3-7-18/h4-5,8-9,14-15,18H,1-3,6-7,10-13,16H2,(H2,23,25)(H,26,29). The molecule has 0 spiro atoms. The van der Waals surface area contributed by atoms with Crippen LogP contribution in [0.1, 0.15) is 37.7 Å². The largest absolute Gasteiger partial charge is 0.370 e. The van der Waals surface area contributed by atoms with Crippen molar-refractivity contribution in [2.45, 2.75) is 38.6 Å². The van der Waals surface area contributed by atoms with Gasteiger partial charge >= 0.3 is 0 Å². The molecule has 1 saturated heterocycles. The van der Waals surface area contributed by atoms with Gasteiger partial charge in [0.15, 0.2) is 11.1 Å². The monoisotopic (exact) mass is 426 g/mol. The lowest BCUT2D eigenvalue weighted by Crippen LogP contribution is -2.51. The molecule has 8 heteroatoms. The van der Waals surface area contributed by atoms with E-state index in [4.69, 9.17) is 5.73 Å². The molecule has 0 radical (unpaired) electrons. The Kier molecular flexibility index (Phi) is 6.84. The van der Waals surface area contributed by atoms with E-state index in [9.17, 15) is 4.79 Å². The Morgan fingerprint density at radius 2 is 2.00 bits per heavy atom. The number of rotatable bonds is 5. The van der Waals surface area contributed by atoms with Gasteiger partial charge in [0.1, 0.15) is 0 Å². The molecule has 30 heavy (non-hydrogen) atoms. The van der Waals surface area contributed by atoms with Gasteiger partial charge in [-0.3, -0.25) is 4.79 Å². The Hall–Kier alpha value is -2.61. The van der Waals surface area contributed by atoms with E-state index < -0.39 is 0 Å². The van der Waals surface area contributed by atoms with Crippen molar-refractivity contribution in [3.05, 3.63) is 41.4 Å². The maximum atomic E-state index is 12.5. The Labute approximate surface area is 182 Å². The molecule has 1 amide bonds. The number of aliphatic imine (C=N–C) groups is 1. The molecule has 1 aromatic heterocycles. The number of piperazine rings is 1. The Balaban J connectivity index is 1.29. The summed E-state index contributed by atoms with van der Waals surface area (Å²) in [5, 5.41) is 6.15. The first-order chi connectivity index (χ1) is 14.7. The number of carbonyl (C=O) groups is 1. The van der Waals surface area contributed by atoms with Crippen molar-refractivity contribution in [2.75, 3.05) is 36.4 Å². The number of carbonyl (C=O) groups excluding carboxylic acids is 1. The summed E-state index contributed by atoms with van der Waals surface area (Å²) in [6, 6.07) is 7.92. The summed E-state index contributed by atoms with van der Waals surface area (Å²) in [6.45, 7) is 3.98. The van der Waals surface area contributed by atoms with Gasteiger partial charge < -0.3 is 20.9 Å². The van der Waals surface area contributed by atoms with E-state index >= 15 is 0 Å². The average molecular weight is 427 g/mol. The molecule has 1 aliphatic carbocycles. The number of thiazole rings is 1. The van der Waals surface area contributed by atoms with Crippen molar-refractivity contribution >= 4 is 34.0 Å². The summed E-state index contributed by atoms with van der Waals surface area (Å²) < 4.78 is 0. The Morgan fingerprint density at radius 3 is 2.73 bits per heavy atom. The number of benzene rings is 1. The first kappa shape index (κ1) is 20.7. The van der Waals surface area contributed by atoms with Crippen molar-refractivity contribution in [1.82, 2.24) is 9.88 Å². The van der Waals surface area contributed by atoms with Crippen molar-refractivity contribution in [3.8, 4) is 0 Å². The molecule has 3 N–H and O–H groups in total. The molecule has 2 heterocycles. The van der Waals surface area contributed by atoms with E-state index in [2.05, 4.69) is 25.1 Å². The van der Waals surface area contributed by atoms with Crippen LogP contribution in [0.4, 0.5) is 10.8 Å². The first-order valence-corrected chi connectivity index (χ1v) is 11.7. The van der Waals surface area contributed by atoms with E-state index in [1.807, 2.05) is 35.8 Å². The van der Waals surface area contributed by atoms with Crippen molar-refractivity contribution in [3.63, 3.8) is 0 Å². The second-order valence-electron chi connectivity index (χ2n) is 7.99. The summed E-state index contributed by atoms with van der Waals surface area (Å²) in [7, 11) is 0. The number of hydrogen-bond acceptors (Lipinski definition) is 5. The van der Waals surface area contributed by atoms with Crippen LogP contribution in [0, 0.1) is 5.92 Å². The zero-order valence-electron chi connectivity index (χ0n) is 17.3. The second kappa shape index (κ2) is 9.93.